The van der Waals surface area contributed by atoms with Crippen LogP contribution in [-0.2, 0) is 38.9 Å². The monoisotopic (exact) mass is 167 g/mol. The Bertz CT molecular complexity index is 28.6. The summed E-state index contributed by atoms with van der Waals surface area (Å²) in [4.78, 5) is 8.46. The van der Waals surface area contributed by atoms with Crippen molar-refractivity contribution in [1.82, 2.24) is 0 Å². The molecule has 0 aromatic rings. The molecular weight excluding hydrogens is 167 g/mol. The average Bonchev–Trinajstić information content (AvgIpc) is 0.918. The van der Waals surface area contributed by atoms with Crippen molar-refractivity contribution in [2.45, 2.75) is 0 Å². The molecule has 0 aromatic heterocycles. The smallest absolute Gasteiger partial charge is 0.420 e. The van der Waals surface area contributed by atoms with Crippen LogP contribution < -0.4 is 0 Å². The fourth-order valence-corrected chi connectivity index (χ4v) is 0. The maximum absolute atomic E-state index is 8.46. The second-order valence-corrected chi connectivity index (χ2v) is 0.118. The molecule has 0 N–H and O–H groups in total. The van der Waals surface area contributed by atoms with Crippen molar-refractivity contribution in [2.24, 2.45) is 0 Å². The van der Waals surface area contributed by atoms with Crippen LogP contribution in [0.1, 0.15) is 0 Å². The van der Waals surface area contributed by atoms with Crippen LogP contribution in [0.4, 0.5) is 0 Å². The van der Waals surface area contributed by atoms with Gasteiger partial charge < -0.3 is 6.58 Å². The Hall–Kier alpha value is 0.489. The molecule has 1 radical (unpaired) electrons. The van der Waals surface area contributed by atoms with E-state index in [-0.39, 0.29) is 34.1 Å². The van der Waals surface area contributed by atoms with Gasteiger partial charge in [0, 0.05) is 17.1 Å². The summed E-state index contributed by atoms with van der Waals surface area (Å²) in [7, 11) is 0. The molecule has 0 atom stereocenters. The van der Waals surface area contributed by atoms with Crippen LogP contribution in [0.2, 0.25) is 0 Å². The molecule has 0 aliphatic carbocycles. The van der Waals surface area contributed by atoms with Gasteiger partial charge in [-0.2, -0.15) is 0 Å². The standard InChI is InChI=1S/C2HO.2Cu/c1-2-3;;/h1H;;/q-1;;+1. The van der Waals surface area contributed by atoms with E-state index in [1.807, 2.05) is 0 Å². The van der Waals surface area contributed by atoms with Crippen LogP contribution >= 0.6 is 0 Å². The maximum atomic E-state index is 8.46. The minimum atomic E-state index is 0. The molecule has 0 fully saturated rings. The molecule has 0 unspecified atom stereocenters. The van der Waals surface area contributed by atoms with E-state index in [2.05, 4.69) is 6.58 Å². The summed E-state index contributed by atoms with van der Waals surface area (Å²) >= 11 is 0. The van der Waals surface area contributed by atoms with Crippen molar-refractivity contribution >= 4 is 5.94 Å². The summed E-state index contributed by atoms with van der Waals surface area (Å²) < 4.78 is 0. The zero-order chi connectivity index (χ0) is 2.71. The molecule has 1 nitrogen and oxygen atoms in total. The first kappa shape index (κ1) is 17.9. The van der Waals surface area contributed by atoms with E-state index in [9.17, 15) is 0 Å². The summed E-state index contributed by atoms with van der Waals surface area (Å²) in [6.07, 6.45) is 0. The van der Waals surface area contributed by atoms with Crippen molar-refractivity contribution in [3.63, 3.8) is 0 Å². The fraction of sp³-hybridized carbons (Fsp3) is 0. The largest absolute Gasteiger partial charge is 1.00 e. The number of carbonyl (C=O) groups excluding carboxylic acids is 1. The van der Waals surface area contributed by atoms with E-state index < -0.39 is 0 Å². The van der Waals surface area contributed by atoms with Crippen molar-refractivity contribution in [3.05, 3.63) is 6.58 Å². The second kappa shape index (κ2) is 24.6. The van der Waals surface area contributed by atoms with Gasteiger partial charge in [-0.25, -0.2) is 0 Å². The number of hydrogen-bond acceptors (Lipinski definition) is 1. The summed E-state index contributed by atoms with van der Waals surface area (Å²) in [5.41, 5.74) is 0. The second-order valence-electron chi connectivity index (χ2n) is 0.118. The molecule has 5 heavy (non-hydrogen) atoms. The van der Waals surface area contributed by atoms with Gasteiger partial charge in [0.2, 0.25) is 0 Å². The summed E-state index contributed by atoms with van der Waals surface area (Å²) in [6.45, 7) is 4.04. The molecule has 0 bridgehead atoms. The zero-order valence-corrected chi connectivity index (χ0v) is 3.97. The van der Waals surface area contributed by atoms with Gasteiger partial charge in [-0.3, -0.25) is 4.79 Å². The minimum absolute atomic E-state index is 0. The molecule has 0 aliphatic rings. The molecule has 3 heteroatoms. The maximum Gasteiger partial charge on any atom is 1.00 e. The molecule has 0 spiro atoms. The summed E-state index contributed by atoms with van der Waals surface area (Å²) in [5.74, 6) is 1.00. The first-order valence-electron chi connectivity index (χ1n) is 0.493. The van der Waals surface area contributed by atoms with Gasteiger partial charge in [0.15, 0.2) is 0 Å². The van der Waals surface area contributed by atoms with Crippen molar-refractivity contribution < 1.29 is 38.9 Å². The Labute approximate surface area is 51.8 Å². The predicted octanol–water partition coefficient (Wildman–Crippen LogP) is -0.198. The summed E-state index contributed by atoms with van der Waals surface area (Å²) in [5, 5.41) is 0. The van der Waals surface area contributed by atoms with Gasteiger partial charge in [0.1, 0.15) is 0 Å². The van der Waals surface area contributed by atoms with E-state index in [0.717, 1.165) is 5.94 Å². The molecule has 0 aliphatic heterocycles. The van der Waals surface area contributed by atoms with E-state index >= 15 is 0 Å². The third-order valence-electron chi connectivity index (χ3n) is 0. The molecule has 0 saturated carbocycles. The number of hydrogen-bond donors (Lipinski definition) is 0. The first-order valence-corrected chi connectivity index (χ1v) is 0.493. The van der Waals surface area contributed by atoms with E-state index in [1.165, 1.54) is 0 Å². The van der Waals surface area contributed by atoms with Crippen LogP contribution in [0.5, 0.6) is 0 Å². The van der Waals surface area contributed by atoms with Gasteiger partial charge in [0.25, 0.3) is 0 Å². The SMILES string of the molecule is [CH-]=C=O.[Cu+].[Cu]. The van der Waals surface area contributed by atoms with Crippen LogP contribution in [-0.4, -0.2) is 5.94 Å². The Morgan fingerprint density at radius 1 is 1.60 bits per heavy atom. The van der Waals surface area contributed by atoms with Crippen LogP contribution in [0, 0.1) is 6.58 Å². The third-order valence-corrected chi connectivity index (χ3v) is 0. The topological polar surface area (TPSA) is 17.1 Å². The molecular formula is C2HCu2O. The Morgan fingerprint density at radius 3 is 1.60 bits per heavy atom. The van der Waals surface area contributed by atoms with Crippen molar-refractivity contribution in [2.75, 3.05) is 0 Å². The van der Waals surface area contributed by atoms with Crippen molar-refractivity contribution in [1.29, 1.82) is 0 Å². The van der Waals surface area contributed by atoms with E-state index in [4.69, 9.17) is 4.79 Å². The third kappa shape index (κ3) is 116. The van der Waals surface area contributed by atoms with Gasteiger partial charge in [-0.15, -0.1) is 0 Å². The van der Waals surface area contributed by atoms with Crippen LogP contribution in [0.3, 0.4) is 0 Å². The normalized spacial score (nSPS) is 1.60. The van der Waals surface area contributed by atoms with Gasteiger partial charge in [-0.1, -0.05) is 5.94 Å². The van der Waals surface area contributed by atoms with Crippen LogP contribution in [0.15, 0.2) is 0 Å². The van der Waals surface area contributed by atoms with E-state index in [0.29, 0.717) is 0 Å². The molecule has 0 amide bonds. The minimum Gasteiger partial charge on any atom is -0.420 e. The van der Waals surface area contributed by atoms with Gasteiger partial charge in [-0.05, 0) is 0 Å². The molecule has 37 valence electrons. The number of rotatable bonds is 0. The quantitative estimate of drug-likeness (QED) is 0.278. The van der Waals surface area contributed by atoms with Gasteiger partial charge >= 0.3 is 17.1 Å². The van der Waals surface area contributed by atoms with Crippen molar-refractivity contribution in [3.8, 4) is 0 Å². The fourth-order valence-electron chi connectivity index (χ4n) is 0. The molecule has 0 heterocycles. The Balaban J connectivity index is -0.0000000200. The van der Waals surface area contributed by atoms with Crippen LogP contribution in [0.25, 0.3) is 0 Å². The molecule has 0 rings (SSSR count). The van der Waals surface area contributed by atoms with Gasteiger partial charge in [0.05, 0.1) is 0 Å². The Morgan fingerprint density at radius 2 is 1.60 bits per heavy atom. The first-order chi connectivity index (χ1) is 1.41. The molecule has 0 aromatic carbocycles. The summed E-state index contributed by atoms with van der Waals surface area (Å²) in [6, 6.07) is 0. The Kier molecular flexibility index (Phi) is 88.0. The average molecular weight is 168 g/mol. The zero-order valence-electron chi connectivity index (χ0n) is 2.09. The predicted molar refractivity (Wildman–Crippen MR) is 9.99 cm³/mol. The van der Waals surface area contributed by atoms with E-state index in [1.54, 1.807) is 0 Å². The molecule has 0 saturated heterocycles.